The highest BCUT2D eigenvalue weighted by atomic mass is 16.5. The van der Waals surface area contributed by atoms with Gasteiger partial charge in [0.2, 0.25) is 0 Å². The van der Waals surface area contributed by atoms with E-state index >= 15 is 0 Å². The Morgan fingerprint density at radius 2 is 1.82 bits per heavy atom. The van der Waals surface area contributed by atoms with Gasteiger partial charge in [-0.25, -0.2) is 9.78 Å². The fraction of sp³-hybridized carbons (Fsp3) is 0.643. The molecule has 8 nitrogen and oxygen atoms in total. The molecule has 0 saturated carbocycles. The summed E-state index contributed by atoms with van der Waals surface area (Å²) >= 11 is 0. The zero-order valence-electron chi connectivity index (χ0n) is 13.3. The van der Waals surface area contributed by atoms with Gasteiger partial charge in [0.25, 0.3) is 5.56 Å². The van der Waals surface area contributed by atoms with Crippen LogP contribution in [0.15, 0.2) is 9.59 Å². The molecule has 0 amide bonds. The number of nitrogens with zero attached hydrogens (tertiary/aromatic N) is 4. The van der Waals surface area contributed by atoms with Crippen molar-refractivity contribution in [2.75, 3.05) is 13.1 Å². The lowest BCUT2D eigenvalue weighted by molar-refractivity contribution is -0.0710. The maximum atomic E-state index is 12.2. The minimum Gasteiger partial charge on any atom is -0.373 e. The van der Waals surface area contributed by atoms with E-state index in [1.165, 1.54) is 11.6 Å². The quantitative estimate of drug-likeness (QED) is 0.814. The van der Waals surface area contributed by atoms with E-state index in [1.54, 1.807) is 7.05 Å². The van der Waals surface area contributed by atoms with Crippen molar-refractivity contribution in [1.29, 1.82) is 0 Å². The number of hydrogen-bond acceptors (Lipinski definition) is 5. The smallest absolute Gasteiger partial charge is 0.332 e. The van der Waals surface area contributed by atoms with E-state index in [-0.39, 0.29) is 23.5 Å². The van der Waals surface area contributed by atoms with Gasteiger partial charge in [-0.15, -0.1) is 0 Å². The Labute approximate surface area is 127 Å². The van der Waals surface area contributed by atoms with Crippen LogP contribution in [0.2, 0.25) is 0 Å². The first-order valence-corrected chi connectivity index (χ1v) is 7.39. The van der Waals surface area contributed by atoms with E-state index in [1.807, 2.05) is 13.8 Å². The molecule has 1 saturated heterocycles. The second-order valence-electron chi connectivity index (χ2n) is 6.04. The van der Waals surface area contributed by atoms with Crippen molar-refractivity contribution in [3.8, 4) is 0 Å². The number of aromatic nitrogens is 4. The summed E-state index contributed by atoms with van der Waals surface area (Å²) in [5, 5.41) is 0. The standard InChI is InChI=1S/C14H21N5O3/c1-8-5-19(6-9(2)22-8)7-10-15-11-12(16-10)17(3)14(21)18(4)13(11)20/h8-9H,5-7H2,1-4H3,(H,15,16)/t8-,9+. The van der Waals surface area contributed by atoms with Gasteiger partial charge in [0, 0.05) is 27.2 Å². The minimum absolute atomic E-state index is 0.172. The highest BCUT2D eigenvalue weighted by Crippen LogP contribution is 2.14. The molecule has 0 aliphatic carbocycles. The summed E-state index contributed by atoms with van der Waals surface area (Å²) < 4.78 is 8.19. The Balaban J connectivity index is 1.96. The number of H-pyrrole nitrogens is 1. The van der Waals surface area contributed by atoms with Gasteiger partial charge in [-0.05, 0) is 13.8 Å². The Bertz CT molecular complexity index is 808. The number of rotatable bonds is 2. The molecule has 8 heteroatoms. The van der Waals surface area contributed by atoms with Crippen LogP contribution in [0.1, 0.15) is 19.7 Å². The molecule has 0 radical (unpaired) electrons. The molecule has 2 atom stereocenters. The van der Waals surface area contributed by atoms with E-state index in [9.17, 15) is 9.59 Å². The molecule has 3 rings (SSSR count). The molecule has 1 N–H and O–H groups in total. The van der Waals surface area contributed by atoms with Crippen molar-refractivity contribution in [2.45, 2.75) is 32.6 Å². The highest BCUT2D eigenvalue weighted by Gasteiger charge is 2.23. The second kappa shape index (κ2) is 5.36. The lowest BCUT2D eigenvalue weighted by Gasteiger charge is -2.34. The molecule has 3 heterocycles. The number of nitrogens with one attached hydrogen (secondary N) is 1. The third-order valence-electron chi connectivity index (χ3n) is 4.01. The van der Waals surface area contributed by atoms with Crippen LogP contribution in [0, 0.1) is 0 Å². The summed E-state index contributed by atoms with van der Waals surface area (Å²) in [5.41, 5.74) is 0.0520. The van der Waals surface area contributed by atoms with Crippen molar-refractivity contribution < 1.29 is 4.74 Å². The summed E-state index contributed by atoms with van der Waals surface area (Å²) in [7, 11) is 3.09. The Morgan fingerprint density at radius 3 is 2.45 bits per heavy atom. The lowest BCUT2D eigenvalue weighted by Crippen LogP contribution is -2.45. The molecule has 1 aliphatic heterocycles. The number of fused-ring (bicyclic) bond motifs is 1. The molecular weight excluding hydrogens is 286 g/mol. The van der Waals surface area contributed by atoms with Crippen molar-refractivity contribution in [1.82, 2.24) is 24.0 Å². The number of hydrogen-bond donors (Lipinski definition) is 1. The predicted molar refractivity (Wildman–Crippen MR) is 81.9 cm³/mol. The first kappa shape index (κ1) is 15.0. The molecule has 2 aromatic heterocycles. The number of aryl methyl sites for hydroxylation is 1. The fourth-order valence-corrected chi connectivity index (χ4v) is 3.07. The molecule has 0 aromatic carbocycles. The largest absolute Gasteiger partial charge is 0.373 e. The molecule has 2 aromatic rings. The maximum Gasteiger partial charge on any atom is 0.332 e. The van der Waals surface area contributed by atoms with Crippen molar-refractivity contribution in [3.05, 3.63) is 26.7 Å². The summed E-state index contributed by atoms with van der Waals surface area (Å²) in [6.07, 6.45) is 0.343. The molecule has 1 fully saturated rings. The summed E-state index contributed by atoms with van der Waals surface area (Å²) in [5.74, 6) is 0.689. The van der Waals surface area contributed by atoms with Crippen molar-refractivity contribution >= 4 is 11.2 Å². The van der Waals surface area contributed by atoms with E-state index in [4.69, 9.17) is 4.74 Å². The van der Waals surface area contributed by atoms with E-state index in [2.05, 4.69) is 14.9 Å². The number of morpholine rings is 1. The highest BCUT2D eigenvalue weighted by molar-refractivity contribution is 5.69. The SMILES string of the molecule is C[C@@H]1CN(Cc2nc3c([nH]2)c(=O)n(C)c(=O)n3C)C[C@H](C)O1. The van der Waals surface area contributed by atoms with Gasteiger partial charge in [0.15, 0.2) is 5.65 Å². The minimum atomic E-state index is -0.371. The van der Waals surface area contributed by atoms with Crippen LogP contribution in [0.4, 0.5) is 0 Å². The van der Waals surface area contributed by atoms with Gasteiger partial charge < -0.3 is 9.72 Å². The van der Waals surface area contributed by atoms with E-state index < -0.39 is 0 Å². The lowest BCUT2D eigenvalue weighted by atomic mass is 10.2. The summed E-state index contributed by atoms with van der Waals surface area (Å²) in [4.78, 5) is 33.8. The predicted octanol–water partition coefficient (Wildman–Crippen LogP) is -0.430. The average molecular weight is 307 g/mol. The Morgan fingerprint density at radius 1 is 1.18 bits per heavy atom. The first-order valence-electron chi connectivity index (χ1n) is 7.39. The van der Waals surface area contributed by atoms with Gasteiger partial charge in [-0.1, -0.05) is 0 Å². The topological polar surface area (TPSA) is 85.2 Å². The number of imidazole rings is 1. The maximum absolute atomic E-state index is 12.2. The first-order chi connectivity index (χ1) is 10.4. The second-order valence-corrected chi connectivity index (χ2v) is 6.04. The molecular formula is C14H21N5O3. The molecule has 0 spiro atoms. The Hall–Kier alpha value is -1.93. The van der Waals surface area contributed by atoms with Crippen LogP contribution in [0.25, 0.3) is 11.2 Å². The third kappa shape index (κ3) is 2.48. The fourth-order valence-electron chi connectivity index (χ4n) is 3.07. The molecule has 0 bridgehead atoms. The third-order valence-corrected chi connectivity index (χ3v) is 4.01. The molecule has 22 heavy (non-hydrogen) atoms. The van der Waals surface area contributed by atoms with Gasteiger partial charge in [-0.2, -0.15) is 0 Å². The van der Waals surface area contributed by atoms with Gasteiger partial charge in [0.05, 0.1) is 18.8 Å². The van der Waals surface area contributed by atoms with Gasteiger partial charge in [-0.3, -0.25) is 18.8 Å². The van der Waals surface area contributed by atoms with Crippen LogP contribution in [-0.4, -0.2) is 49.3 Å². The van der Waals surface area contributed by atoms with E-state index in [0.29, 0.717) is 23.5 Å². The molecule has 1 aliphatic rings. The van der Waals surface area contributed by atoms with Crippen molar-refractivity contribution in [3.63, 3.8) is 0 Å². The summed E-state index contributed by atoms with van der Waals surface area (Å²) in [6, 6.07) is 0. The van der Waals surface area contributed by atoms with Crippen LogP contribution in [0.3, 0.4) is 0 Å². The van der Waals surface area contributed by atoms with Gasteiger partial charge in [0.1, 0.15) is 11.3 Å². The molecule has 0 unspecified atom stereocenters. The zero-order valence-corrected chi connectivity index (χ0v) is 13.3. The average Bonchev–Trinajstić information content (AvgIpc) is 2.85. The van der Waals surface area contributed by atoms with Crippen LogP contribution in [-0.2, 0) is 25.4 Å². The zero-order chi connectivity index (χ0) is 16.0. The van der Waals surface area contributed by atoms with Crippen LogP contribution in [0.5, 0.6) is 0 Å². The normalized spacial score (nSPS) is 23.3. The molecule has 120 valence electrons. The van der Waals surface area contributed by atoms with Gasteiger partial charge >= 0.3 is 5.69 Å². The number of ether oxygens (including phenoxy) is 1. The van der Waals surface area contributed by atoms with E-state index in [0.717, 1.165) is 17.7 Å². The number of aromatic amines is 1. The summed E-state index contributed by atoms with van der Waals surface area (Å²) in [6.45, 7) is 6.32. The van der Waals surface area contributed by atoms with Crippen molar-refractivity contribution in [2.24, 2.45) is 14.1 Å². The van der Waals surface area contributed by atoms with Crippen LogP contribution >= 0.6 is 0 Å². The van der Waals surface area contributed by atoms with Crippen LogP contribution < -0.4 is 11.2 Å². The Kier molecular flexibility index (Phi) is 3.65. The monoisotopic (exact) mass is 307 g/mol.